The third kappa shape index (κ3) is 4.22. The minimum atomic E-state index is -0.662. The lowest BCUT2D eigenvalue weighted by atomic mass is 10.2. The Bertz CT molecular complexity index is 1030. The van der Waals surface area contributed by atoms with Gasteiger partial charge in [0.1, 0.15) is 11.5 Å². The number of aliphatic imine (C=N–C) groups is 1. The van der Waals surface area contributed by atoms with Gasteiger partial charge in [-0.1, -0.05) is 53.2 Å². The van der Waals surface area contributed by atoms with Gasteiger partial charge in [0.15, 0.2) is 5.17 Å². The molecule has 2 aromatic rings. The summed E-state index contributed by atoms with van der Waals surface area (Å²) in [6.07, 6.45) is 1.51. The van der Waals surface area contributed by atoms with Crippen LogP contribution in [0.2, 0.25) is 10.0 Å². The van der Waals surface area contributed by atoms with Crippen LogP contribution in [0.4, 0.5) is 10.1 Å². The summed E-state index contributed by atoms with van der Waals surface area (Å²) in [5.74, 6) is -1.70. The topological polar surface area (TPSA) is 75.8 Å². The summed E-state index contributed by atoms with van der Waals surface area (Å²) in [5.41, 5.74) is 6.02. The number of para-hydroxylation sites is 1. The van der Waals surface area contributed by atoms with Crippen LogP contribution >= 0.6 is 35.0 Å². The molecule has 2 aromatic carbocycles. The molecule has 1 unspecified atom stereocenters. The largest absolute Gasteiger partial charge is 0.369 e. The molecule has 2 N–H and O–H groups in total. The van der Waals surface area contributed by atoms with E-state index in [1.54, 1.807) is 31.2 Å². The summed E-state index contributed by atoms with van der Waals surface area (Å²) in [6, 6.07) is 10.7. The number of amides is 2. The molecule has 0 radical (unpaired) electrons. The number of hydrogen-bond donors (Lipinski definition) is 1. The molecule has 28 heavy (non-hydrogen) atoms. The highest BCUT2D eigenvalue weighted by Crippen LogP contribution is 2.33. The van der Waals surface area contributed by atoms with Crippen LogP contribution in [0.15, 0.2) is 53.2 Å². The first kappa shape index (κ1) is 20.4. The van der Waals surface area contributed by atoms with E-state index in [1.807, 2.05) is 0 Å². The highest BCUT2D eigenvalue weighted by molar-refractivity contribution is 8.15. The number of amidine groups is 1. The van der Waals surface area contributed by atoms with E-state index in [0.29, 0.717) is 15.6 Å². The SMILES string of the molecule is CC(SC1=N/C(=C\c2ccc(Cl)c(Cl)c2)C(=O)N1c1ccccc1F)C(N)=O. The molecule has 1 aliphatic heterocycles. The fourth-order valence-electron chi connectivity index (χ4n) is 2.40. The molecule has 144 valence electrons. The maximum Gasteiger partial charge on any atom is 0.283 e. The van der Waals surface area contributed by atoms with Crippen LogP contribution in [0.3, 0.4) is 0 Å². The fourth-order valence-corrected chi connectivity index (χ4v) is 3.57. The minimum Gasteiger partial charge on any atom is -0.369 e. The van der Waals surface area contributed by atoms with Crippen LogP contribution in [0.25, 0.3) is 6.08 Å². The summed E-state index contributed by atoms with van der Waals surface area (Å²) >= 11 is 12.9. The van der Waals surface area contributed by atoms with Crippen LogP contribution in [0.1, 0.15) is 12.5 Å². The Kier molecular flexibility index (Phi) is 6.07. The second-order valence-electron chi connectivity index (χ2n) is 5.85. The molecule has 1 aliphatic rings. The van der Waals surface area contributed by atoms with E-state index >= 15 is 0 Å². The molecule has 5 nitrogen and oxygen atoms in total. The molecule has 0 aromatic heterocycles. The number of nitrogens with zero attached hydrogens (tertiary/aromatic N) is 2. The monoisotopic (exact) mass is 437 g/mol. The summed E-state index contributed by atoms with van der Waals surface area (Å²) in [6.45, 7) is 1.58. The first-order chi connectivity index (χ1) is 13.3. The molecule has 1 atom stereocenters. The first-order valence-electron chi connectivity index (χ1n) is 8.08. The maximum absolute atomic E-state index is 14.3. The number of benzene rings is 2. The molecule has 0 saturated heterocycles. The Morgan fingerprint density at radius 1 is 1.25 bits per heavy atom. The van der Waals surface area contributed by atoms with Crippen molar-refractivity contribution in [2.24, 2.45) is 10.7 Å². The van der Waals surface area contributed by atoms with Gasteiger partial charge in [-0.3, -0.25) is 14.5 Å². The van der Waals surface area contributed by atoms with Crippen LogP contribution in [-0.2, 0) is 9.59 Å². The van der Waals surface area contributed by atoms with Gasteiger partial charge in [0.2, 0.25) is 5.91 Å². The highest BCUT2D eigenvalue weighted by atomic mass is 35.5. The summed E-state index contributed by atoms with van der Waals surface area (Å²) < 4.78 is 14.3. The lowest BCUT2D eigenvalue weighted by Gasteiger charge is -2.19. The van der Waals surface area contributed by atoms with Gasteiger partial charge in [0.25, 0.3) is 5.91 Å². The Hall–Kier alpha value is -2.35. The minimum absolute atomic E-state index is 0.0351. The van der Waals surface area contributed by atoms with Gasteiger partial charge >= 0.3 is 0 Å². The summed E-state index contributed by atoms with van der Waals surface area (Å²) in [4.78, 5) is 29.8. The van der Waals surface area contributed by atoms with Crippen LogP contribution in [-0.4, -0.2) is 22.2 Å². The van der Waals surface area contributed by atoms with Crippen molar-refractivity contribution in [2.75, 3.05) is 4.90 Å². The van der Waals surface area contributed by atoms with Crippen LogP contribution in [0, 0.1) is 5.82 Å². The quantitative estimate of drug-likeness (QED) is 0.716. The van der Waals surface area contributed by atoms with Crippen molar-refractivity contribution in [3.05, 3.63) is 69.6 Å². The zero-order valence-electron chi connectivity index (χ0n) is 14.5. The predicted molar refractivity (Wildman–Crippen MR) is 112 cm³/mol. The van der Waals surface area contributed by atoms with Crippen molar-refractivity contribution in [3.63, 3.8) is 0 Å². The average molecular weight is 438 g/mol. The molecular formula is C19H14Cl2FN3O2S. The summed E-state index contributed by atoms with van der Waals surface area (Å²) in [5, 5.41) is 0.204. The number of thioether (sulfide) groups is 1. The van der Waals surface area contributed by atoms with Crippen molar-refractivity contribution >= 4 is 63.7 Å². The van der Waals surface area contributed by atoms with E-state index in [2.05, 4.69) is 4.99 Å². The number of halogens is 3. The van der Waals surface area contributed by atoms with E-state index in [-0.39, 0.29) is 16.6 Å². The van der Waals surface area contributed by atoms with Crippen LogP contribution < -0.4 is 10.6 Å². The smallest absolute Gasteiger partial charge is 0.283 e. The van der Waals surface area contributed by atoms with Crippen molar-refractivity contribution in [2.45, 2.75) is 12.2 Å². The van der Waals surface area contributed by atoms with Gasteiger partial charge in [-0.15, -0.1) is 0 Å². The molecule has 0 spiro atoms. The third-order valence-corrected chi connectivity index (χ3v) is 5.66. The predicted octanol–water partition coefficient (Wildman–Crippen LogP) is 4.48. The zero-order valence-corrected chi connectivity index (χ0v) is 16.9. The van der Waals surface area contributed by atoms with E-state index in [1.165, 1.54) is 24.3 Å². The molecule has 0 fully saturated rings. The maximum atomic E-state index is 14.3. The van der Waals surface area contributed by atoms with E-state index in [9.17, 15) is 14.0 Å². The molecule has 3 rings (SSSR count). The van der Waals surface area contributed by atoms with Gasteiger partial charge in [-0.2, -0.15) is 0 Å². The number of carbonyl (C=O) groups excluding carboxylic acids is 2. The summed E-state index contributed by atoms with van der Waals surface area (Å²) in [7, 11) is 0. The lowest BCUT2D eigenvalue weighted by molar-refractivity contribution is -0.117. The molecule has 0 bridgehead atoms. The van der Waals surface area contributed by atoms with Crippen molar-refractivity contribution in [3.8, 4) is 0 Å². The molecule has 1 heterocycles. The average Bonchev–Trinajstić information content (AvgIpc) is 2.94. The third-order valence-electron chi connectivity index (χ3n) is 3.85. The van der Waals surface area contributed by atoms with Crippen molar-refractivity contribution < 1.29 is 14.0 Å². The molecule has 9 heteroatoms. The van der Waals surface area contributed by atoms with Crippen molar-refractivity contribution in [1.29, 1.82) is 0 Å². The second-order valence-corrected chi connectivity index (χ2v) is 7.97. The Morgan fingerprint density at radius 3 is 2.61 bits per heavy atom. The Labute approximate surface area is 175 Å². The number of carbonyl (C=O) groups is 2. The van der Waals surface area contributed by atoms with Crippen LogP contribution in [0.5, 0.6) is 0 Å². The first-order valence-corrected chi connectivity index (χ1v) is 9.72. The Balaban J connectivity index is 2.05. The highest BCUT2D eigenvalue weighted by Gasteiger charge is 2.35. The van der Waals surface area contributed by atoms with Gasteiger partial charge in [-0.05, 0) is 42.8 Å². The van der Waals surface area contributed by atoms with Crippen molar-refractivity contribution in [1.82, 2.24) is 0 Å². The normalized spacial score (nSPS) is 16.4. The molecule has 0 saturated carbocycles. The number of rotatable bonds is 4. The lowest BCUT2D eigenvalue weighted by Crippen LogP contribution is -2.34. The molecular weight excluding hydrogens is 424 g/mol. The standard InChI is InChI=1S/C19H14Cl2FN3O2S/c1-10(17(23)26)28-19-24-15(9-11-6-7-12(20)13(21)8-11)18(27)25(19)16-5-3-2-4-14(16)22/h2-10H,1H3,(H2,23,26)/b15-9-. The second kappa shape index (κ2) is 8.34. The van der Waals surface area contributed by atoms with Gasteiger partial charge in [0.05, 0.1) is 21.0 Å². The van der Waals surface area contributed by atoms with Gasteiger partial charge < -0.3 is 5.73 Å². The van der Waals surface area contributed by atoms with Gasteiger partial charge in [-0.25, -0.2) is 9.38 Å². The zero-order chi connectivity index (χ0) is 20.4. The van der Waals surface area contributed by atoms with E-state index < -0.39 is 22.9 Å². The Morgan fingerprint density at radius 2 is 1.96 bits per heavy atom. The number of hydrogen-bond acceptors (Lipinski definition) is 4. The van der Waals surface area contributed by atoms with E-state index in [4.69, 9.17) is 28.9 Å². The van der Waals surface area contributed by atoms with Gasteiger partial charge in [0, 0.05) is 0 Å². The fraction of sp³-hybridized carbons (Fsp3) is 0.105. The number of anilines is 1. The van der Waals surface area contributed by atoms with E-state index in [0.717, 1.165) is 16.7 Å². The number of nitrogens with two attached hydrogens (primary N) is 1. The number of primary amides is 1. The molecule has 0 aliphatic carbocycles. The molecule has 2 amide bonds.